The van der Waals surface area contributed by atoms with E-state index in [4.69, 9.17) is 5.84 Å². The molecule has 2 aromatic rings. The number of aryl methyl sites for hydroxylation is 1. The van der Waals surface area contributed by atoms with Crippen molar-refractivity contribution >= 4 is 0 Å². The molecule has 0 heterocycles. The molecule has 2 nitrogen and oxygen atoms in total. The van der Waals surface area contributed by atoms with Crippen LogP contribution in [0.15, 0.2) is 48.5 Å². The van der Waals surface area contributed by atoms with Crippen LogP contribution in [0.25, 0.3) is 0 Å². The van der Waals surface area contributed by atoms with E-state index in [-0.39, 0.29) is 17.3 Å². The summed E-state index contributed by atoms with van der Waals surface area (Å²) in [4.78, 5) is 0. The Morgan fingerprint density at radius 3 is 2.40 bits per heavy atom. The highest BCUT2D eigenvalue weighted by atomic mass is 19.1. The zero-order chi connectivity index (χ0) is 14.2. The minimum Gasteiger partial charge on any atom is -0.271 e. The molecule has 0 saturated heterocycles. The Kier molecular flexibility index (Phi) is 3.32. The van der Waals surface area contributed by atoms with Crippen LogP contribution in [0.5, 0.6) is 0 Å². The van der Waals surface area contributed by atoms with Gasteiger partial charge in [-0.25, -0.2) is 4.39 Å². The Morgan fingerprint density at radius 2 is 1.85 bits per heavy atom. The standard InChI is InChI=1S/C17H19FN2/c1-12-11-13(7-8-15(12)18)16(20-19)17(9-10-17)14-5-3-2-4-6-14/h2-8,11,16,20H,9-10,19H2,1H3. The summed E-state index contributed by atoms with van der Waals surface area (Å²) in [6, 6.07) is 15.7. The number of hydrogen-bond acceptors (Lipinski definition) is 2. The third kappa shape index (κ3) is 2.13. The Hall–Kier alpha value is -1.71. The second-order valence-electron chi connectivity index (χ2n) is 5.63. The first-order valence-corrected chi connectivity index (χ1v) is 6.95. The summed E-state index contributed by atoms with van der Waals surface area (Å²) in [5.74, 6) is 5.64. The molecule has 104 valence electrons. The van der Waals surface area contributed by atoms with Gasteiger partial charge in [0.1, 0.15) is 5.82 Å². The predicted octanol–water partition coefficient (Wildman–Crippen LogP) is 3.37. The molecule has 20 heavy (non-hydrogen) atoms. The molecule has 3 heteroatoms. The lowest BCUT2D eigenvalue weighted by Gasteiger charge is -2.27. The van der Waals surface area contributed by atoms with Gasteiger partial charge in [0.05, 0.1) is 6.04 Å². The lowest BCUT2D eigenvalue weighted by molar-refractivity contribution is 0.438. The minimum atomic E-state index is -0.172. The molecule has 1 saturated carbocycles. The van der Waals surface area contributed by atoms with Gasteiger partial charge in [0.15, 0.2) is 0 Å². The first kappa shape index (κ1) is 13.3. The Bertz CT molecular complexity index is 606. The van der Waals surface area contributed by atoms with Crippen LogP contribution in [-0.4, -0.2) is 0 Å². The lowest BCUT2D eigenvalue weighted by Crippen LogP contribution is -2.36. The molecule has 2 aromatic carbocycles. The van der Waals surface area contributed by atoms with Gasteiger partial charge in [0.2, 0.25) is 0 Å². The molecule has 0 spiro atoms. The highest BCUT2D eigenvalue weighted by molar-refractivity contribution is 5.39. The van der Waals surface area contributed by atoms with Gasteiger partial charge in [0.25, 0.3) is 0 Å². The van der Waals surface area contributed by atoms with E-state index < -0.39 is 0 Å². The average molecular weight is 270 g/mol. The maximum absolute atomic E-state index is 13.4. The molecule has 1 aliphatic carbocycles. The van der Waals surface area contributed by atoms with Crippen molar-refractivity contribution in [3.05, 3.63) is 71.0 Å². The van der Waals surface area contributed by atoms with Crippen molar-refractivity contribution < 1.29 is 4.39 Å². The summed E-state index contributed by atoms with van der Waals surface area (Å²) in [7, 11) is 0. The van der Waals surface area contributed by atoms with E-state index in [1.807, 2.05) is 18.2 Å². The largest absolute Gasteiger partial charge is 0.271 e. The van der Waals surface area contributed by atoms with Crippen molar-refractivity contribution in [1.29, 1.82) is 0 Å². The van der Waals surface area contributed by atoms with E-state index in [1.165, 1.54) is 11.6 Å². The normalized spacial score (nSPS) is 17.8. The fraction of sp³-hybridized carbons (Fsp3) is 0.294. The highest BCUT2D eigenvalue weighted by Gasteiger charge is 2.50. The molecule has 1 unspecified atom stereocenters. The van der Waals surface area contributed by atoms with Gasteiger partial charge in [-0.05, 0) is 42.5 Å². The fourth-order valence-corrected chi connectivity index (χ4v) is 3.07. The van der Waals surface area contributed by atoms with Gasteiger partial charge < -0.3 is 0 Å². The van der Waals surface area contributed by atoms with Gasteiger partial charge in [-0.3, -0.25) is 11.3 Å². The number of hydrogen-bond donors (Lipinski definition) is 2. The molecule has 0 aromatic heterocycles. The molecular formula is C17H19FN2. The van der Waals surface area contributed by atoms with Crippen LogP contribution >= 0.6 is 0 Å². The maximum Gasteiger partial charge on any atom is 0.126 e. The van der Waals surface area contributed by atoms with Gasteiger partial charge >= 0.3 is 0 Å². The average Bonchev–Trinajstić information content (AvgIpc) is 3.26. The molecule has 0 radical (unpaired) electrons. The van der Waals surface area contributed by atoms with Crippen molar-refractivity contribution in [3.8, 4) is 0 Å². The van der Waals surface area contributed by atoms with Crippen LogP contribution in [0.4, 0.5) is 4.39 Å². The summed E-state index contributed by atoms with van der Waals surface area (Å²) in [6.07, 6.45) is 2.20. The lowest BCUT2D eigenvalue weighted by atomic mass is 9.84. The third-order valence-corrected chi connectivity index (χ3v) is 4.37. The van der Waals surface area contributed by atoms with Crippen LogP contribution in [0.3, 0.4) is 0 Å². The fourth-order valence-electron chi connectivity index (χ4n) is 3.07. The van der Waals surface area contributed by atoms with Crippen LogP contribution in [-0.2, 0) is 5.41 Å². The van der Waals surface area contributed by atoms with Gasteiger partial charge in [-0.2, -0.15) is 0 Å². The van der Waals surface area contributed by atoms with Gasteiger partial charge in [0, 0.05) is 5.41 Å². The summed E-state index contributed by atoms with van der Waals surface area (Å²) in [6.45, 7) is 1.79. The molecular weight excluding hydrogens is 251 g/mol. The van der Waals surface area contributed by atoms with Crippen molar-refractivity contribution in [1.82, 2.24) is 5.43 Å². The summed E-state index contributed by atoms with van der Waals surface area (Å²) < 4.78 is 13.4. The highest BCUT2D eigenvalue weighted by Crippen LogP contribution is 2.56. The van der Waals surface area contributed by atoms with Crippen LogP contribution < -0.4 is 11.3 Å². The monoisotopic (exact) mass is 270 g/mol. The second-order valence-corrected chi connectivity index (χ2v) is 5.63. The van der Waals surface area contributed by atoms with Gasteiger partial charge in [-0.15, -0.1) is 0 Å². The van der Waals surface area contributed by atoms with Crippen molar-refractivity contribution in [2.75, 3.05) is 0 Å². The quantitative estimate of drug-likeness (QED) is 0.660. The zero-order valence-corrected chi connectivity index (χ0v) is 11.6. The van der Waals surface area contributed by atoms with Crippen LogP contribution in [0.1, 0.15) is 35.6 Å². The zero-order valence-electron chi connectivity index (χ0n) is 11.6. The molecule has 1 aliphatic rings. The van der Waals surface area contributed by atoms with E-state index in [1.54, 1.807) is 6.92 Å². The number of nitrogens with two attached hydrogens (primary N) is 1. The van der Waals surface area contributed by atoms with E-state index >= 15 is 0 Å². The molecule has 3 rings (SSSR count). The third-order valence-electron chi connectivity index (χ3n) is 4.37. The molecule has 3 N–H and O–H groups in total. The number of hydrazine groups is 1. The Morgan fingerprint density at radius 1 is 1.15 bits per heavy atom. The van der Waals surface area contributed by atoms with Crippen molar-refractivity contribution in [2.24, 2.45) is 5.84 Å². The SMILES string of the molecule is Cc1cc(C(NN)C2(c3ccccc3)CC2)ccc1F. The number of nitrogens with one attached hydrogen (secondary N) is 1. The summed E-state index contributed by atoms with van der Waals surface area (Å²) in [5.41, 5.74) is 5.99. The first-order valence-electron chi connectivity index (χ1n) is 6.95. The molecule has 0 amide bonds. The Balaban J connectivity index is 2.00. The van der Waals surface area contributed by atoms with E-state index in [2.05, 4.69) is 29.7 Å². The second kappa shape index (κ2) is 5.00. The smallest absolute Gasteiger partial charge is 0.126 e. The Labute approximate surface area is 118 Å². The number of benzene rings is 2. The topological polar surface area (TPSA) is 38.0 Å². The predicted molar refractivity (Wildman–Crippen MR) is 78.6 cm³/mol. The summed E-state index contributed by atoms with van der Waals surface area (Å²) >= 11 is 0. The summed E-state index contributed by atoms with van der Waals surface area (Å²) in [5, 5.41) is 0. The maximum atomic E-state index is 13.4. The van der Waals surface area contributed by atoms with E-state index in [9.17, 15) is 4.39 Å². The molecule has 0 aliphatic heterocycles. The van der Waals surface area contributed by atoms with Crippen molar-refractivity contribution in [3.63, 3.8) is 0 Å². The molecule has 1 atom stereocenters. The van der Waals surface area contributed by atoms with Crippen LogP contribution in [0, 0.1) is 12.7 Å². The number of rotatable bonds is 4. The van der Waals surface area contributed by atoms with Crippen molar-refractivity contribution in [2.45, 2.75) is 31.2 Å². The number of halogens is 1. The molecule has 1 fully saturated rings. The van der Waals surface area contributed by atoms with E-state index in [0.717, 1.165) is 18.4 Å². The first-order chi connectivity index (χ1) is 9.67. The minimum absolute atomic E-state index is 0.0178. The molecule has 0 bridgehead atoms. The van der Waals surface area contributed by atoms with E-state index in [0.29, 0.717) is 5.56 Å². The van der Waals surface area contributed by atoms with Crippen LogP contribution in [0.2, 0.25) is 0 Å². The van der Waals surface area contributed by atoms with Gasteiger partial charge in [-0.1, -0.05) is 42.5 Å².